The number of nitrogens with zero attached hydrogens (tertiary/aromatic N) is 4. The average molecular weight is 1020 g/mol. The third-order valence-corrected chi connectivity index (χ3v) is 12.3. The van der Waals surface area contributed by atoms with Crippen LogP contribution < -0.4 is 14.5 Å². The summed E-state index contributed by atoms with van der Waals surface area (Å²) in [7, 11) is 0. The number of ether oxygens (including phenoxy) is 1. The van der Waals surface area contributed by atoms with E-state index in [0.29, 0.717) is 11.5 Å². The molecule has 0 aliphatic carbocycles. The molecular weight excluding hydrogens is 964 g/mol. The van der Waals surface area contributed by atoms with Crippen LogP contribution in [0.3, 0.4) is 0 Å². The monoisotopic (exact) mass is 1020 g/mol. The molecule has 6 heteroatoms. The predicted molar refractivity (Wildman–Crippen MR) is 264 cm³/mol. The smallest absolute Gasteiger partial charge is 0.135 e. The van der Waals surface area contributed by atoms with Gasteiger partial charge in [0.05, 0.1) is 0 Å². The van der Waals surface area contributed by atoms with Crippen LogP contribution in [-0.4, -0.2) is 9.55 Å². The van der Waals surface area contributed by atoms with Gasteiger partial charge in [-0.1, -0.05) is 149 Å². The molecule has 0 saturated heterocycles. The van der Waals surface area contributed by atoms with Crippen molar-refractivity contribution in [2.75, 3.05) is 9.80 Å². The van der Waals surface area contributed by atoms with Crippen LogP contribution in [-0.2, 0) is 42.7 Å². The van der Waals surface area contributed by atoms with Crippen LogP contribution in [0.1, 0.15) is 105 Å². The first kappa shape index (κ1) is 44.9. The predicted octanol–water partition coefficient (Wildman–Crippen LogP) is 15.8. The molecule has 0 fully saturated rings. The number of fused-ring (bicyclic) bond motifs is 4. The zero-order chi connectivity index (χ0) is 44.6. The number of rotatable bonds is 6. The molecule has 2 aromatic heterocycles. The molecule has 330 valence electrons. The van der Waals surface area contributed by atoms with E-state index < -0.39 is 0 Å². The zero-order valence-corrected chi connectivity index (χ0v) is 41.6. The molecule has 1 aliphatic rings. The van der Waals surface area contributed by atoms with Gasteiger partial charge < -0.3 is 19.1 Å². The molecule has 0 spiro atoms. The van der Waals surface area contributed by atoms with Crippen LogP contribution in [0.25, 0.3) is 38.8 Å². The van der Waals surface area contributed by atoms with E-state index in [-0.39, 0.29) is 42.7 Å². The number of aromatic nitrogens is 2. The standard InChI is InChI=1S/C58H59N4O.Pt/c1-55(2,3)40-28-29-59-53(34-40)62-50-27-24-39(38-18-14-13-15-19-38)30-48(50)47-26-25-46(36-52(47)62)63-45-21-16-20-43(35-45)60-37-61(54-49(58(10,11)12)22-17-23-51(54)60)44-32-41(56(4,5)6)31-42(33-44)57(7,8)9;/h13-34,37H,1-12H3;/q-3;. The molecule has 0 radical (unpaired) electrons. The maximum atomic E-state index is 6.73. The summed E-state index contributed by atoms with van der Waals surface area (Å²) in [6.45, 7) is 29.6. The van der Waals surface area contributed by atoms with Gasteiger partial charge in [-0.3, -0.25) is 0 Å². The van der Waals surface area contributed by atoms with Gasteiger partial charge in [-0.2, -0.15) is 12.1 Å². The van der Waals surface area contributed by atoms with E-state index in [2.05, 4.69) is 225 Å². The SMILES string of the molecule is CC(C)(C)c1cc(N2[CH-]N(c3[c-]c(Oc4[c-]c5c(cc4)c4cc(-c6ccccc6)ccc4n5-c4cc(C(C)(C)C)ccn4)ccc3)c3cccc(C(C)(C)C)c32)cc(C(C)(C)C)c1.[Pt]. The molecule has 6 aromatic carbocycles. The minimum atomic E-state index is -0.0970. The summed E-state index contributed by atoms with van der Waals surface area (Å²) in [6.07, 6.45) is 1.91. The largest absolute Gasteiger partial charge is 0.509 e. The Morgan fingerprint density at radius 3 is 1.88 bits per heavy atom. The molecule has 9 rings (SSSR count). The van der Waals surface area contributed by atoms with Crippen molar-refractivity contribution in [1.82, 2.24) is 9.55 Å². The Labute approximate surface area is 395 Å². The third-order valence-electron chi connectivity index (χ3n) is 12.3. The number of para-hydroxylation sites is 1. The van der Waals surface area contributed by atoms with Gasteiger partial charge in [0.2, 0.25) is 0 Å². The van der Waals surface area contributed by atoms with Crippen LogP contribution >= 0.6 is 0 Å². The molecule has 0 saturated carbocycles. The van der Waals surface area contributed by atoms with Crippen LogP contribution in [0.5, 0.6) is 11.5 Å². The number of hydrogen-bond acceptors (Lipinski definition) is 4. The molecule has 1 aliphatic heterocycles. The molecule has 3 heterocycles. The second-order valence-electron chi connectivity index (χ2n) is 21.2. The van der Waals surface area contributed by atoms with Crippen LogP contribution in [0.4, 0.5) is 22.7 Å². The molecule has 5 nitrogen and oxygen atoms in total. The topological polar surface area (TPSA) is 33.5 Å². The fourth-order valence-electron chi connectivity index (χ4n) is 8.62. The summed E-state index contributed by atoms with van der Waals surface area (Å²) in [5.41, 5.74) is 13.6. The van der Waals surface area contributed by atoms with Gasteiger partial charge >= 0.3 is 0 Å². The average Bonchev–Trinajstić information content (AvgIpc) is 3.78. The number of pyridine rings is 1. The van der Waals surface area contributed by atoms with Gasteiger partial charge in [-0.25, -0.2) is 4.98 Å². The van der Waals surface area contributed by atoms with Gasteiger partial charge in [-0.15, -0.1) is 48.1 Å². The van der Waals surface area contributed by atoms with Crippen molar-refractivity contribution < 1.29 is 25.8 Å². The summed E-state index contributed by atoms with van der Waals surface area (Å²) in [5.74, 6) is 2.06. The summed E-state index contributed by atoms with van der Waals surface area (Å²) in [5, 5.41) is 2.22. The second-order valence-corrected chi connectivity index (χ2v) is 21.2. The Morgan fingerprint density at radius 2 is 1.20 bits per heavy atom. The molecule has 0 bridgehead atoms. The van der Waals surface area contributed by atoms with Gasteiger partial charge in [0, 0.05) is 61.3 Å². The Hall–Kier alpha value is -5.64. The maximum Gasteiger partial charge on any atom is 0.135 e. The fraction of sp³-hybridized carbons (Fsp3) is 0.276. The molecule has 64 heavy (non-hydrogen) atoms. The first-order chi connectivity index (χ1) is 29.7. The van der Waals surface area contributed by atoms with Crippen molar-refractivity contribution in [3.63, 3.8) is 0 Å². The number of hydrogen-bond donors (Lipinski definition) is 0. The van der Waals surface area contributed by atoms with Gasteiger partial charge in [0.15, 0.2) is 0 Å². The van der Waals surface area contributed by atoms with Crippen molar-refractivity contribution in [3.8, 4) is 28.4 Å². The van der Waals surface area contributed by atoms with E-state index in [0.717, 1.165) is 50.2 Å². The Balaban J connectivity index is 0.00000560. The van der Waals surface area contributed by atoms with Gasteiger partial charge in [-0.05, 0) is 96.8 Å². The van der Waals surface area contributed by atoms with Crippen LogP contribution in [0.15, 0.2) is 134 Å². The Morgan fingerprint density at radius 1 is 0.531 bits per heavy atom. The summed E-state index contributed by atoms with van der Waals surface area (Å²) in [4.78, 5) is 9.56. The second kappa shape index (κ2) is 16.4. The summed E-state index contributed by atoms with van der Waals surface area (Å²) >= 11 is 0. The first-order valence-corrected chi connectivity index (χ1v) is 22.2. The minimum Gasteiger partial charge on any atom is -0.509 e. The Kier molecular flexibility index (Phi) is 11.5. The van der Waals surface area contributed by atoms with Gasteiger partial charge in [0.1, 0.15) is 5.82 Å². The molecule has 8 aromatic rings. The van der Waals surface area contributed by atoms with E-state index >= 15 is 0 Å². The quantitative estimate of drug-likeness (QED) is 0.155. The van der Waals surface area contributed by atoms with Crippen LogP contribution in [0, 0.1) is 18.8 Å². The van der Waals surface area contributed by atoms with Crippen molar-refractivity contribution in [3.05, 3.63) is 175 Å². The third kappa shape index (κ3) is 8.52. The zero-order valence-electron chi connectivity index (χ0n) is 39.3. The van der Waals surface area contributed by atoms with E-state index in [1.165, 1.54) is 33.5 Å². The van der Waals surface area contributed by atoms with Crippen molar-refractivity contribution >= 4 is 44.6 Å². The maximum absolute atomic E-state index is 6.73. The molecular formula is C58H59N4OPt-3. The van der Waals surface area contributed by atoms with E-state index in [4.69, 9.17) is 9.72 Å². The normalized spacial score (nSPS) is 13.4. The molecule has 0 amide bonds. The fourth-order valence-corrected chi connectivity index (χ4v) is 8.62. The number of benzene rings is 6. The molecule has 0 unspecified atom stereocenters. The Bertz CT molecular complexity index is 2980. The van der Waals surface area contributed by atoms with Crippen molar-refractivity contribution in [2.24, 2.45) is 0 Å². The van der Waals surface area contributed by atoms with E-state index in [1.807, 2.05) is 24.4 Å². The summed E-state index contributed by atoms with van der Waals surface area (Å²) < 4.78 is 8.95. The van der Waals surface area contributed by atoms with Crippen molar-refractivity contribution in [1.29, 1.82) is 0 Å². The van der Waals surface area contributed by atoms with Crippen molar-refractivity contribution in [2.45, 2.75) is 105 Å². The molecule has 0 atom stereocenters. The van der Waals surface area contributed by atoms with Gasteiger partial charge in [0.25, 0.3) is 0 Å². The van der Waals surface area contributed by atoms with Crippen LogP contribution in [0.2, 0.25) is 0 Å². The summed E-state index contributed by atoms with van der Waals surface area (Å²) in [6, 6.07) is 53.0. The molecule has 0 N–H and O–H groups in total. The number of anilines is 4. The van der Waals surface area contributed by atoms with E-state index in [9.17, 15) is 0 Å². The van der Waals surface area contributed by atoms with E-state index in [1.54, 1.807) is 0 Å². The first-order valence-electron chi connectivity index (χ1n) is 22.2. The minimum absolute atomic E-state index is 0.